The summed E-state index contributed by atoms with van der Waals surface area (Å²) in [7, 11) is 0. The van der Waals surface area contributed by atoms with Gasteiger partial charge in [-0.15, -0.1) is 0 Å². The van der Waals surface area contributed by atoms with Gasteiger partial charge in [-0.05, 0) is 55.7 Å². The zero-order chi connectivity index (χ0) is 26.3. The Morgan fingerprint density at radius 3 is 2.65 bits per heavy atom. The SMILES string of the molecule is CC(C)(C)CN1CC(=O)N2CC[C@@H](CC(=O)NCCN3CCCC3)[C@@H](C=CCOc3ccccc3C1)C2. The molecule has 2 saturated heterocycles. The van der Waals surface area contributed by atoms with Gasteiger partial charge in [-0.2, -0.15) is 0 Å². The van der Waals surface area contributed by atoms with Gasteiger partial charge in [0.2, 0.25) is 11.8 Å². The van der Waals surface area contributed by atoms with E-state index in [9.17, 15) is 9.59 Å². The number of nitrogens with zero attached hydrogens (tertiary/aromatic N) is 3. The zero-order valence-electron chi connectivity index (χ0n) is 23.1. The number of carbonyl (C=O) groups is 2. The van der Waals surface area contributed by atoms with Crippen LogP contribution in [0.5, 0.6) is 5.75 Å². The van der Waals surface area contributed by atoms with Gasteiger partial charge in [-0.3, -0.25) is 14.5 Å². The van der Waals surface area contributed by atoms with Crippen LogP contribution < -0.4 is 10.1 Å². The van der Waals surface area contributed by atoms with Crippen LogP contribution in [0.1, 0.15) is 52.0 Å². The van der Waals surface area contributed by atoms with E-state index in [0.29, 0.717) is 45.8 Å². The molecular formula is C30H46N4O3. The molecule has 1 N–H and O–H groups in total. The molecule has 0 spiro atoms. The van der Waals surface area contributed by atoms with E-state index in [2.05, 4.69) is 54.1 Å². The lowest BCUT2D eigenvalue weighted by atomic mass is 9.82. The maximum atomic E-state index is 13.5. The zero-order valence-corrected chi connectivity index (χ0v) is 23.1. The molecule has 7 heteroatoms. The molecule has 0 saturated carbocycles. The van der Waals surface area contributed by atoms with Crippen molar-refractivity contribution in [3.8, 4) is 5.75 Å². The van der Waals surface area contributed by atoms with Crippen molar-refractivity contribution < 1.29 is 14.3 Å². The van der Waals surface area contributed by atoms with Crippen LogP contribution in [0.3, 0.4) is 0 Å². The molecule has 4 rings (SSSR count). The first kappa shape index (κ1) is 27.6. The van der Waals surface area contributed by atoms with Crippen molar-refractivity contribution in [3.63, 3.8) is 0 Å². The van der Waals surface area contributed by atoms with E-state index in [1.54, 1.807) is 0 Å². The molecule has 7 nitrogen and oxygen atoms in total. The highest BCUT2D eigenvalue weighted by Crippen LogP contribution is 2.29. The number of amides is 2. The second kappa shape index (κ2) is 12.9. The number of rotatable bonds is 6. The van der Waals surface area contributed by atoms with E-state index in [4.69, 9.17) is 4.74 Å². The van der Waals surface area contributed by atoms with E-state index in [1.165, 1.54) is 12.8 Å². The van der Waals surface area contributed by atoms with Gasteiger partial charge in [0.15, 0.2) is 0 Å². The minimum atomic E-state index is 0.0727. The van der Waals surface area contributed by atoms with Crippen molar-refractivity contribution in [1.29, 1.82) is 0 Å². The Kier molecular flexibility index (Phi) is 9.65. The van der Waals surface area contributed by atoms with Crippen molar-refractivity contribution in [2.24, 2.45) is 17.3 Å². The first-order valence-electron chi connectivity index (χ1n) is 14.1. The number of piperidine rings is 1. The standard InChI is InChI=1S/C30H46N4O3/c1-30(2,3)23-33-20-26-9-4-5-11-27(26)37-18-8-10-25-21-34(29(36)22-33)16-12-24(25)19-28(35)31-13-17-32-14-6-7-15-32/h4-5,8-11,24-25H,6-7,12-23H2,1-3H3,(H,31,35)/t24-,25-/m0/s1. The number of ether oxygens (including phenoxy) is 1. The summed E-state index contributed by atoms with van der Waals surface area (Å²) in [5.74, 6) is 1.55. The van der Waals surface area contributed by atoms with Crippen molar-refractivity contribution >= 4 is 11.8 Å². The van der Waals surface area contributed by atoms with Crippen LogP contribution in [0.25, 0.3) is 0 Å². The van der Waals surface area contributed by atoms with Gasteiger partial charge in [0.05, 0.1) is 6.54 Å². The number of nitrogens with one attached hydrogen (secondary N) is 1. The maximum Gasteiger partial charge on any atom is 0.236 e. The van der Waals surface area contributed by atoms with Gasteiger partial charge in [-0.1, -0.05) is 51.1 Å². The highest BCUT2D eigenvalue weighted by atomic mass is 16.5. The molecule has 3 aliphatic rings. The number of likely N-dealkylation sites (tertiary alicyclic amines) is 1. The molecule has 2 bridgehead atoms. The monoisotopic (exact) mass is 510 g/mol. The highest BCUT2D eigenvalue weighted by Gasteiger charge is 2.32. The molecule has 3 heterocycles. The summed E-state index contributed by atoms with van der Waals surface area (Å²) in [6.07, 6.45) is 8.14. The molecule has 204 valence electrons. The smallest absolute Gasteiger partial charge is 0.236 e. The average molecular weight is 511 g/mol. The van der Waals surface area contributed by atoms with Gasteiger partial charge >= 0.3 is 0 Å². The van der Waals surface area contributed by atoms with Crippen LogP contribution in [-0.2, 0) is 16.1 Å². The van der Waals surface area contributed by atoms with E-state index < -0.39 is 0 Å². The fourth-order valence-corrected chi connectivity index (χ4v) is 5.91. The Morgan fingerprint density at radius 1 is 1.08 bits per heavy atom. The van der Waals surface area contributed by atoms with Crippen molar-refractivity contribution in [2.45, 2.75) is 53.0 Å². The van der Waals surface area contributed by atoms with Crippen LogP contribution in [0.15, 0.2) is 36.4 Å². The van der Waals surface area contributed by atoms with Gasteiger partial charge in [0.25, 0.3) is 0 Å². The van der Waals surface area contributed by atoms with Crippen LogP contribution in [-0.4, -0.2) is 85.5 Å². The lowest BCUT2D eigenvalue weighted by Crippen LogP contribution is -2.48. The molecular weight excluding hydrogens is 464 g/mol. The van der Waals surface area contributed by atoms with E-state index in [0.717, 1.165) is 43.9 Å². The fraction of sp³-hybridized carbons (Fsp3) is 0.667. The molecule has 3 aliphatic heterocycles. The van der Waals surface area contributed by atoms with E-state index >= 15 is 0 Å². The molecule has 2 atom stereocenters. The molecule has 1 aromatic carbocycles. The second-order valence-corrected chi connectivity index (χ2v) is 12.2. The summed E-state index contributed by atoms with van der Waals surface area (Å²) >= 11 is 0. The number of benzene rings is 1. The molecule has 1 aromatic rings. The van der Waals surface area contributed by atoms with Crippen LogP contribution >= 0.6 is 0 Å². The summed E-state index contributed by atoms with van der Waals surface area (Å²) < 4.78 is 6.17. The average Bonchev–Trinajstić information content (AvgIpc) is 3.35. The first-order valence-corrected chi connectivity index (χ1v) is 14.1. The lowest BCUT2D eigenvalue weighted by molar-refractivity contribution is -0.135. The summed E-state index contributed by atoms with van der Waals surface area (Å²) in [4.78, 5) is 32.9. The van der Waals surface area contributed by atoms with Gasteiger partial charge in [0.1, 0.15) is 12.4 Å². The predicted molar refractivity (Wildman–Crippen MR) is 147 cm³/mol. The Bertz CT molecular complexity index is 935. The number of para-hydroxylation sites is 1. The minimum absolute atomic E-state index is 0.0727. The lowest BCUT2D eigenvalue weighted by Gasteiger charge is -2.38. The summed E-state index contributed by atoms with van der Waals surface area (Å²) in [5, 5.41) is 3.14. The second-order valence-electron chi connectivity index (χ2n) is 12.2. The van der Waals surface area contributed by atoms with Gasteiger partial charge in [-0.25, -0.2) is 0 Å². The van der Waals surface area contributed by atoms with Crippen LogP contribution in [0.2, 0.25) is 0 Å². The van der Waals surface area contributed by atoms with Crippen molar-refractivity contribution in [1.82, 2.24) is 20.0 Å². The minimum Gasteiger partial charge on any atom is -0.489 e. The largest absolute Gasteiger partial charge is 0.489 e. The van der Waals surface area contributed by atoms with Crippen LogP contribution in [0, 0.1) is 17.3 Å². The van der Waals surface area contributed by atoms with Gasteiger partial charge in [0, 0.05) is 51.3 Å². The molecule has 0 aromatic heterocycles. The van der Waals surface area contributed by atoms with Crippen molar-refractivity contribution in [2.75, 3.05) is 59.0 Å². The highest BCUT2D eigenvalue weighted by molar-refractivity contribution is 5.79. The maximum absolute atomic E-state index is 13.5. The number of carbonyl (C=O) groups excluding carboxylic acids is 2. The van der Waals surface area contributed by atoms with Gasteiger partial charge < -0.3 is 19.9 Å². The van der Waals surface area contributed by atoms with Crippen molar-refractivity contribution in [3.05, 3.63) is 42.0 Å². The van der Waals surface area contributed by atoms with E-state index in [1.807, 2.05) is 23.1 Å². The Hall–Kier alpha value is -2.38. The fourth-order valence-electron chi connectivity index (χ4n) is 5.91. The Morgan fingerprint density at radius 2 is 1.86 bits per heavy atom. The number of hydrogen-bond acceptors (Lipinski definition) is 5. The number of fused-ring (bicyclic) bond motifs is 3. The first-order chi connectivity index (χ1) is 17.8. The topological polar surface area (TPSA) is 65.1 Å². The molecule has 0 aliphatic carbocycles. The van der Waals surface area contributed by atoms with Crippen LogP contribution in [0.4, 0.5) is 0 Å². The summed E-state index contributed by atoms with van der Waals surface area (Å²) in [6.45, 7) is 14.3. The Labute approximate surface area is 223 Å². The van der Waals surface area contributed by atoms with E-state index in [-0.39, 0.29) is 29.1 Å². The summed E-state index contributed by atoms with van der Waals surface area (Å²) in [5.41, 5.74) is 1.18. The molecule has 0 radical (unpaired) electrons. The molecule has 2 amide bonds. The predicted octanol–water partition coefficient (Wildman–Crippen LogP) is 3.55. The molecule has 37 heavy (non-hydrogen) atoms. The third-order valence-electron chi connectivity index (χ3n) is 7.70. The normalized spacial score (nSPS) is 24.0. The Balaban J connectivity index is 1.43. The molecule has 2 fully saturated rings. The third kappa shape index (κ3) is 8.57. The number of hydrogen-bond donors (Lipinski definition) is 1. The molecule has 0 unspecified atom stereocenters. The quantitative estimate of drug-likeness (QED) is 0.593. The summed E-state index contributed by atoms with van der Waals surface area (Å²) in [6, 6.07) is 8.13. The third-order valence-corrected chi connectivity index (χ3v) is 7.70.